The van der Waals surface area contributed by atoms with E-state index in [0.29, 0.717) is 6.42 Å². The zero-order valence-electron chi connectivity index (χ0n) is 9.03. The first-order valence-electron chi connectivity index (χ1n) is 5.39. The van der Waals surface area contributed by atoms with Gasteiger partial charge in [0.25, 0.3) is 0 Å². The predicted molar refractivity (Wildman–Crippen MR) is 57.5 cm³/mol. The summed E-state index contributed by atoms with van der Waals surface area (Å²) in [5, 5.41) is 0. The Hall–Kier alpha value is -1.77. The molecule has 3 rings (SSSR count). The number of hydrogen-bond acceptors (Lipinski definition) is 3. The minimum absolute atomic E-state index is 0.126. The smallest absolute Gasteiger partial charge is 0.167 e. The van der Waals surface area contributed by atoms with Gasteiger partial charge in [0.2, 0.25) is 0 Å². The molecule has 1 unspecified atom stereocenters. The van der Waals surface area contributed by atoms with E-state index in [4.69, 9.17) is 8.83 Å². The Morgan fingerprint density at radius 3 is 2.94 bits per heavy atom. The molecule has 1 aliphatic rings. The van der Waals surface area contributed by atoms with Crippen molar-refractivity contribution in [2.75, 3.05) is 0 Å². The summed E-state index contributed by atoms with van der Waals surface area (Å²) in [5.74, 6) is 1.96. The van der Waals surface area contributed by atoms with Gasteiger partial charge in [-0.25, -0.2) is 0 Å². The van der Waals surface area contributed by atoms with Crippen molar-refractivity contribution in [1.29, 1.82) is 0 Å². The van der Waals surface area contributed by atoms with E-state index < -0.39 is 0 Å². The summed E-state index contributed by atoms with van der Waals surface area (Å²) in [5.41, 5.74) is 1.72. The molecule has 0 spiro atoms. The van der Waals surface area contributed by atoms with Gasteiger partial charge in [-0.05, 0) is 24.6 Å². The summed E-state index contributed by atoms with van der Waals surface area (Å²) in [4.78, 5) is 12.0. The molecule has 0 amide bonds. The molecule has 1 atom stereocenters. The molecule has 2 aromatic heterocycles. The third-order valence-electron chi connectivity index (χ3n) is 3.14. The third kappa shape index (κ3) is 1.32. The number of fused-ring (bicyclic) bond motifs is 1. The molecule has 0 saturated heterocycles. The van der Waals surface area contributed by atoms with Crippen molar-refractivity contribution < 1.29 is 13.6 Å². The van der Waals surface area contributed by atoms with Gasteiger partial charge in [-0.15, -0.1) is 0 Å². The number of hydrogen-bond donors (Lipinski definition) is 0. The summed E-state index contributed by atoms with van der Waals surface area (Å²) >= 11 is 0. The van der Waals surface area contributed by atoms with Crippen molar-refractivity contribution in [1.82, 2.24) is 0 Å². The molecule has 0 fully saturated rings. The van der Waals surface area contributed by atoms with Crippen LogP contribution >= 0.6 is 0 Å². The van der Waals surface area contributed by atoms with Gasteiger partial charge in [0.1, 0.15) is 11.5 Å². The van der Waals surface area contributed by atoms with Crippen LogP contribution in [0, 0.1) is 6.92 Å². The van der Waals surface area contributed by atoms with Crippen molar-refractivity contribution in [3.8, 4) is 0 Å². The van der Waals surface area contributed by atoms with Crippen molar-refractivity contribution in [2.45, 2.75) is 25.7 Å². The highest BCUT2D eigenvalue weighted by Crippen LogP contribution is 2.34. The van der Waals surface area contributed by atoms with E-state index in [0.717, 1.165) is 29.1 Å². The Morgan fingerprint density at radius 2 is 2.19 bits per heavy atom. The fraction of sp³-hybridized carbons (Fsp3) is 0.308. The Balaban J connectivity index is 1.99. The number of Topliss-reactive ketones (excluding diaryl/α,β-unsaturated/α-hetero) is 1. The van der Waals surface area contributed by atoms with Gasteiger partial charge in [-0.1, -0.05) is 0 Å². The molecule has 0 aromatic carbocycles. The van der Waals surface area contributed by atoms with Crippen molar-refractivity contribution >= 4 is 5.78 Å². The lowest BCUT2D eigenvalue weighted by Gasteiger charge is -2.18. The highest BCUT2D eigenvalue weighted by Gasteiger charge is 2.31. The van der Waals surface area contributed by atoms with Crippen LogP contribution in [0.1, 0.15) is 39.8 Å². The second-order valence-electron chi connectivity index (χ2n) is 4.26. The Bertz CT molecular complexity index is 519. The summed E-state index contributed by atoms with van der Waals surface area (Å²) in [7, 11) is 0. The minimum atomic E-state index is 0.126. The quantitative estimate of drug-likeness (QED) is 0.735. The zero-order valence-corrected chi connectivity index (χ0v) is 9.03. The summed E-state index contributed by atoms with van der Waals surface area (Å²) < 4.78 is 10.8. The van der Waals surface area contributed by atoms with Crippen LogP contribution in [0.4, 0.5) is 0 Å². The van der Waals surface area contributed by atoms with Crippen LogP contribution in [0.25, 0.3) is 0 Å². The molecule has 1 aliphatic carbocycles. The first-order valence-corrected chi connectivity index (χ1v) is 5.39. The molecule has 0 saturated carbocycles. The summed E-state index contributed by atoms with van der Waals surface area (Å²) in [6, 6.07) is 3.77. The van der Waals surface area contributed by atoms with Crippen LogP contribution in [0.2, 0.25) is 0 Å². The fourth-order valence-corrected chi connectivity index (χ4v) is 2.37. The second-order valence-corrected chi connectivity index (χ2v) is 4.26. The SMILES string of the molecule is Cc1coc2c1C(=O)CC(c1ccco1)C2. The number of aryl methyl sites for hydroxylation is 1. The largest absolute Gasteiger partial charge is 0.469 e. The molecule has 82 valence electrons. The van der Waals surface area contributed by atoms with Crippen LogP contribution in [-0.2, 0) is 6.42 Å². The molecular weight excluding hydrogens is 204 g/mol. The number of rotatable bonds is 1. The molecule has 0 bridgehead atoms. The van der Waals surface area contributed by atoms with Gasteiger partial charge in [0, 0.05) is 18.8 Å². The van der Waals surface area contributed by atoms with Crippen LogP contribution in [-0.4, -0.2) is 5.78 Å². The van der Waals surface area contributed by atoms with Crippen LogP contribution < -0.4 is 0 Å². The molecule has 2 aromatic rings. The Kier molecular flexibility index (Phi) is 1.99. The van der Waals surface area contributed by atoms with Gasteiger partial charge in [-0.2, -0.15) is 0 Å². The van der Waals surface area contributed by atoms with E-state index in [-0.39, 0.29) is 11.7 Å². The summed E-state index contributed by atoms with van der Waals surface area (Å²) in [6.07, 6.45) is 4.57. The maximum absolute atomic E-state index is 12.0. The lowest BCUT2D eigenvalue weighted by Crippen LogP contribution is -2.17. The fourth-order valence-electron chi connectivity index (χ4n) is 2.37. The number of carbonyl (C=O) groups is 1. The third-order valence-corrected chi connectivity index (χ3v) is 3.14. The normalized spacial score (nSPS) is 19.8. The first kappa shape index (κ1) is 9.46. The van der Waals surface area contributed by atoms with E-state index in [1.807, 2.05) is 19.1 Å². The van der Waals surface area contributed by atoms with Gasteiger partial charge in [-0.3, -0.25) is 4.79 Å². The van der Waals surface area contributed by atoms with Crippen molar-refractivity contribution in [3.63, 3.8) is 0 Å². The maximum atomic E-state index is 12.0. The van der Waals surface area contributed by atoms with Gasteiger partial charge in [0.15, 0.2) is 5.78 Å². The zero-order chi connectivity index (χ0) is 11.1. The number of ketones is 1. The molecule has 16 heavy (non-hydrogen) atoms. The van der Waals surface area contributed by atoms with Crippen LogP contribution in [0.3, 0.4) is 0 Å². The maximum Gasteiger partial charge on any atom is 0.167 e. The van der Waals surface area contributed by atoms with Crippen molar-refractivity contribution in [2.24, 2.45) is 0 Å². The molecule has 3 nitrogen and oxygen atoms in total. The molecule has 0 N–H and O–H groups in total. The Labute approximate surface area is 93.1 Å². The number of furan rings is 2. The molecule has 0 radical (unpaired) electrons. The highest BCUT2D eigenvalue weighted by molar-refractivity contribution is 5.99. The lowest BCUT2D eigenvalue weighted by molar-refractivity contribution is 0.0955. The summed E-state index contributed by atoms with van der Waals surface area (Å²) in [6.45, 7) is 1.91. The average Bonchev–Trinajstić information content (AvgIpc) is 2.87. The molecule has 0 aliphatic heterocycles. The second kappa shape index (κ2) is 3.37. The van der Waals surface area contributed by atoms with Gasteiger partial charge < -0.3 is 8.83 Å². The molecule has 3 heteroatoms. The Morgan fingerprint density at radius 1 is 1.31 bits per heavy atom. The number of carbonyl (C=O) groups excluding carboxylic acids is 1. The van der Waals surface area contributed by atoms with E-state index >= 15 is 0 Å². The van der Waals surface area contributed by atoms with E-state index in [1.54, 1.807) is 12.5 Å². The average molecular weight is 216 g/mol. The standard InChI is InChI=1S/C13H12O3/c1-8-7-16-12-6-9(5-10(14)13(8)12)11-3-2-4-15-11/h2-4,7,9H,5-6H2,1H3. The highest BCUT2D eigenvalue weighted by atomic mass is 16.3. The first-order chi connectivity index (χ1) is 7.75. The molecular formula is C13H12O3. The molecule has 2 heterocycles. The monoisotopic (exact) mass is 216 g/mol. The van der Waals surface area contributed by atoms with E-state index in [9.17, 15) is 4.79 Å². The van der Waals surface area contributed by atoms with Crippen molar-refractivity contribution in [3.05, 3.63) is 47.3 Å². The lowest BCUT2D eigenvalue weighted by atomic mass is 9.85. The van der Waals surface area contributed by atoms with E-state index in [1.165, 1.54) is 0 Å². The predicted octanol–water partition coefficient (Wildman–Crippen LogP) is 3.09. The minimum Gasteiger partial charge on any atom is -0.469 e. The van der Waals surface area contributed by atoms with E-state index in [2.05, 4.69) is 0 Å². The topological polar surface area (TPSA) is 43.4 Å². The van der Waals surface area contributed by atoms with Crippen LogP contribution in [0.15, 0.2) is 33.5 Å². The van der Waals surface area contributed by atoms with Gasteiger partial charge in [0.05, 0.1) is 18.1 Å². The van der Waals surface area contributed by atoms with Gasteiger partial charge >= 0.3 is 0 Å². The van der Waals surface area contributed by atoms with Crippen LogP contribution in [0.5, 0.6) is 0 Å².